The van der Waals surface area contributed by atoms with Crippen LogP contribution < -0.4 is 4.90 Å². The summed E-state index contributed by atoms with van der Waals surface area (Å²) in [7, 11) is 6.11. The Labute approximate surface area is 90.8 Å². The summed E-state index contributed by atoms with van der Waals surface area (Å²) < 4.78 is 0. The van der Waals surface area contributed by atoms with E-state index < -0.39 is 0 Å². The third kappa shape index (κ3) is 3.56. The molecule has 0 radical (unpaired) electrons. The Morgan fingerprint density at radius 2 is 2.00 bits per heavy atom. The first kappa shape index (κ1) is 11.5. The monoisotopic (exact) mass is 204 g/mol. The van der Waals surface area contributed by atoms with E-state index >= 15 is 0 Å². The average Bonchev–Trinajstić information content (AvgIpc) is 2.26. The number of nitriles is 1. The van der Waals surface area contributed by atoms with Crippen molar-refractivity contribution in [1.29, 1.82) is 5.26 Å². The Morgan fingerprint density at radius 3 is 2.47 bits per heavy atom. The Balaban J connectivity index is 2.58. The molecule has 1 aromatic heterocycles. The average molecular weight is 204 g/mol. The van der Waals surface area contributed by atoms with E-state index in [9.17, 15) is 0 Å². The van der Waals surface area contributed by atoms with Gasteiger partial charge in [-0.3, -0.25) is 0 Å². The van der Waals surface area contributed by atoms with Gasteiger partial charge in [-0.1, -0.05) is 0 Å². The topological polar surface area (TPSA) is 43.2 Å². The number of likely N-dealkylation sites (N-methyl/N-ethyl adjacent to an activating group) is 2. The Morgan fingerprint density at radius 1 is 1.27 bits per heavy atom. The summed E-state index contributed by atoms with van der Waals surface area (Å²) in [4.78, 5) is 8.28. The zero-order chi connectivity index (χ0) is 11.3. The van der Waals surface area contributed by atoms with Crippen LogP contribution in [-0.2, 0) is 0 Å². The van der Waals surface area contributed by atoms with Crippen molar-refractivity contribution in [3.05, 3.63) is 24.0 Å². The summed E-state index contributed by atoms with van der Waals surface area (Å²) in [5, 5.41) is 8.61. The van der Waals surface area contributed by atoms with Crippen LogP contribution in [-0.4, -0.2) is 44.1 Å². The van der Waals surface area contributed by atoms with Gasteiger partial charge in [0.1, 0.15) is 11.8 Å². The number of hydrogen-bond donors (Lipinski definition) is 0. The van der Waals surface area contributed by atoms with Crippen LogP contribution in [0.4, 0.5) is 5.69 Å². The SMILES string of the molecule is CN(C)CCN(C)c1ccc(C#N)nc1. The van der Waals surface area contributed by atoms with E-state index in [1.807, 2.05) is 33.3 Å². The van der Waals surface area contributed by atoms with Crippen LogP contribution in [0.25, 0.3) is 0 Å². The molecule has 4 heteroatoms. The van der Waals surface area contributed by atoms with Crippen molar-refractivity contribution < 1.29 is 0 Å². The second kappa shape index (κ2) is 5.32. The molecular weight excluding hydrogens is 188 g/mol. The second-order valence-electron chi connectivity index (χ2n) is 3.74. The van der Waals surface area contributed by atoms with E-state index in [1.165, 1.54) is 0 Å². The van der Waals surface area contributed by atoms with Gasteiger partial charge in [0.05, 0.1) is 11.9 Å². The molecule has 0 atom stereocenters. The van der Waals surface area contributed by atoms with Crippen LogP contribution in [0.5, 0.6) is 0 Å². The summed E-state index contributed by atoms with van der Waals surface area (Å²) in [6.45, 7) is 1.94. The van der Waals surface area contributed by atoms with Gasteiger partial charge in [-0.05, 0) is 26.2 Å². The van der Waals surface area contributed by atoms with Crippen LogP contribution in [0.1, 0.15) is 5.69 Å². The maximum atomic E-state index is 8.61. The van der Waals surface area contributed by atoms with Crippen LogP contribution >= 0.6 is 0 Å². The van der Waals surface area contributed by atoms with Gasteiger partial charge in [0.25, 0.3) is 0 Å². The second-order valence-corrected chi connectivity index (χ2v) is 3.74. The highest BCUT2D eigenvalue weighted by atomic mass is 15.2. The standard InChI is InChI=1S/C11H16N4/c1-14(2)6-7-15(3)11-5-4-10(8-12)13-9-11/h4-5,9H,6-7H2,1-3H3. The van der Waals surface area contributed by atoms with Crippen LogP contribution in [0, 0.1) is 11.3 Å². The summed E-state index contributed by atoms with van der Waals surface area (Å²) >= 11 is 0. The Hall–Kier alpha value is -1.60. The van der Waals surface area contributed by atoms with Crippen LogP contribution in [0.3, 0.4) is 0 Å². The van der Waals surface area contributed by atoms with Crippen molar-refractivity contribution in [2.75, 3.05) is 39.1 Å². The van der Waals surface area contributed by atoms with Crippen molar-refractivity contribution in [1.82, 2.24) is 9.88 Å². The lowest BCUT2D eigenvalue weighted by Crippen LogP contribution is -2.28. The molecule has 0 aliphatic carbocycles. The highest BCUT2D eigenvalue weighted by Gasteiger charge is 2.01. The lowest BCUT2D eigenvalue weighted by atomic mass is 10.3. The van der Waals surface area contributed by atoms with Gasteiger partial charge >= 0.3 is 0 Å². The molecule has 1 rings (SSSR count). The summed E-state index contributed by atoms with van der Waals surface area (Å²) in [5.41, 5.74) is 1.50. The molecule has 0 amide bonds. The Bertz CT molecular complexity index is 337. The molecule has 0 saturated carbocycles. The van der Waals surface area contributed by atoms with Gasteiger partial charge in [-0.15, -0.1) is 0 Å². The molecule has 4 nitrogen and oxygen atoms in total. The van der Waals surface area contributed by atoms with E-state index in [-0.39, 0.29) is 0 Å². The highest BCUT2D eigenvalue weighted by Crippen LogP contribution is 2.10. The molecule has 0 N–H and O–H groups in total. The largest absolute Gasteiger partial charge is 0.372 e. The molecular formula is C11H16N4. The maximum Gasteiger partial charge on any atom is 0.140 e. The van der Waals surface area contributed by atoms with Crippen molar-refractivity contribution in [3.8, 4) is 6.07 Å². The predicted molar refractivity (Wildman–Crippen MR) is 60.8 cm³/mol. The first-order valence-corrected chi connectivity index (χ1v) is 4.85. The molecule has 0 fully saturated rings. The van der Waals surface area contributed by atoms with Crippen molar-refractivity contribution in [2.45, 2.75) is 0 Å². The normalized spacial score (nSPS) is 10.1. The van der Waals surface area contributed by atoms with Gasteiger partial charge in [0.15, 0.2) is 0 Å². The number of aromatic nitrogens is 1. The molecule has 0 aromatic carbocycles. The number of anilines is 1. The van der Waals surface area contributed by atoms with Crippen LogP contribution in [0.15, 0.2) is 18.3 Å². The zero-order valence-corrected chi connectivity index (χ0v) is 9.44. The van der Waals surface area contributed by atoms with Crippen molar-refractivity contribution >= 4 is 5.69 Å². The zero-order valence-electron chi connectivity index (χ0n) is 9.44. The fourth-order valence-corrected chi connectivity index (χ4v) is 1.16. The minimum atomic E-state index is 0.458. The van der Waals surface area contributed by atoms with Crippen LogP contribution in [0.2, 0.25) is 0 Å². The number of nitrogens with zero attached hydrogens (tertiary/aromatic N) is 4. The minimum Gasteiger partial charge on any atom is -0.372 e. The summed E-state index contributed by atoms with van der Waals surface area (Å²) in [5.74, 6) is 0. The van der Waals surface area contributed by atoms with Crippen molar-refractivity contribution in [3.63, 3.8) is 0 Å². The molecule has 0 spiro atoms. The van der Waals surface area contributed by atoms with Gasteiger partial charge in [0.2, 0.25) is 0 Å². The smallest absolute Gasteiger partial charge is 0.140 e. The highest BCUT2D eigenvalue weighted by molar-refractivity contribution is 5.44. The molecule has 1 heterocycles. The molecule has 80 valence electrons. The van der Waals surface area contributed by atoms with E-state index in [0.29, 0.717) is 5.69 Å². The lowest BCUT2D eigenvalue weighted by Gasteiger charge is -2.21. The van der Waals surface area contributed by atoms with Gasteiger partial charge in [0, 0.05) is 20.1 Å². The van der Waals surface area contributed by atoms with E-state index in [0.717, 1.165) is 18.8 Å². The van der Waals surface area contributed by atoms with E-state index in [4.69, 9.17) is 5.26 Å². The molecule has 0 bridgehead atoms. The van der Waals surface area contributed by atoms with Gasteiger partial charge < -0.3 is 9.80 Å². The van der Waals surface area contributed by atoms with Crippen molar-refractivity contribution in [2.24, 2.45) is 0 Å². The molecule has 0 saturated heterocycles. The Kier molecular flexibility index (Phi) is 4.07. The lowest BCUT2D eigenvalue weighted by molar-refractivity contribution is 0.416. The molecule has 0 aliphatic rings. The van der Waals surface area contributed by atoms with E-state index in [2.05, 4.69) is 14.8 Å². The minimum absolute atomic E-state index is 0.458. The number of hydrogen-bond acceptors (Lipinski definition) is 4. The van der Waals surface area contributed by atoms with Gasteiger partial charge in [-0.2, -0.15) is 5.26 Å². The quantitative estimate of drug-likeness (QED) is 0.732. The predicted octanol–water partition coefficient (Wildman–Crippen LogP) is 0.951. The first-order valence-electron chi connectivity index (χ1n) is 4.85. The fourth-order valence-electron chi connectivity index (χ4n) is 1.16. The first-order chi connectivity index (χ1) is 7.13. The summed E-state index contributed by atoms with van der Waals surface area (Å²) in [6, 6.07) is 5.66. The third-order valence-corrected chi connectivity index (χ3v) is 2.19. The number of rotatable bonds is 4. The maximum absolute atomic E-state index is 8.61. The summed E-state index contributed by atoms with van der Waals surface area (Å²) in [6.07, 6.45) is 1.73. The molecule has 0 unspecified atom stereocenters. The third-order valence-electron chi connectivity index (χ3n) is 2.19. The molecule has 15 heavy (non-hydrogen) atoms. The van der Waals surface area contributed by atoms with Gasteiger partial charge in [-0.25, -0.2) is 4.98 Å². The molecule has 1 aromatic rings. The number of pyridine rings is 1. The molecule has 0 aliphatic heterocycles. The fraction of sp³-hybridized carbons (Fsp3) is 0.455. The van der Waals surface area contributed by atoms with E-state index in [1.54, 1.807) is 12.3 Å².